The van der Waals surface area contributed by atoms with Crippen molar-refractivity contribution in [3.05, 3.63) is 35.0 Å². The molecule has 5 nitrogen and oxygen atoms in total. The molecule has 3 rings (SSSR count). The number of carbonyl (C=O) groups excluding carboxylic acids is 2. The number of aromatic nitrogens is 1. The fourth-order valence-electron chi connectivity index (χ4n) is 3.09. The summed E-state index contributed by atoms with van der Waals surface area (Å²) in [5.74, 6) is 0.0366. The van der Waals surface area contributed by atoms with Crippen LogP contribution < -0.4 is 5.32 Å². The number of para-hydroxylation sites is 1. The average Bonchev–Trinajstić information content (AvgIpc) is 3.06. The van der Waals surface area contributed by atoms with Crippen molar-refractivity contribution in [1.82, 2.24) is 14.8 Å². The fraction of sp³-hybridized carbons (Fsp3) is 0.412. The molecule has 1 aromatic carbocycles. The van der Waals surface area contributed by atoms with E-state index in [0.717, 1.165) is 30.3 Å². The predicted molar refractivity (Wildman–Crippen MR) is 90.7 cm³/mol. The van der Waals surface area contributed by atoms with Gasteiger partial charge in [-0.15, -0.1) is 0 Å². The van der Waals surface area contributed by atoms with Gasteiger partial charge in [-0.3, -0.25) is 9.59 Å². The average molecular weight is 334 g/mol. The Hall–Kier alpha value is -2.01. The second kappa shape index (κ2) is 6.62. The number of fused-ring (bicyclic) bond motifs is 1. The molecule has 6 heteroatoms. The molecule has 23 heavy (non-hydrogen) atoms. The normalized spacial score (nSPS) is 14.7. The molecule has 0 unspecified atom stereocenters. The van der Waals surface area contributed by atoms with Gasteiger partial charge < -0.3 is 14.8 Å². The number of carbonyl (C=O) groups is 2. The van der Waals surface area contributed by atoms with Crippen molar-refractivity contribution in [2.45, 2.75) is 19.3 Å². The molecule has 2 aromatic rings. The number of rotatable bonds is 5. The molecule has 0 saturated carbocycles. The van der Waals surface area contributed by atoms with Crippen molar-refractivity contribution >= 4 is 34.3 Å². The molecule has 1 aromatic heterocycles. The zero-order valence-corrected chi connectivity index (χ0v) is 13.9. The first kappa shape index (κ1) is 15.9. The minimum atomic E-state index is -0.179. The summed E-state index contributed by atoms with van der Waals surface area (Å²) in [6.07, 6.45) is 2.34. The van der Waals surface area contributed by atoms with Crippen LogP contribution in [0.2, 0.25) is 5.02 Å². The van der Waals surface area contributed by atoms with Gasteiger partial charge in [0.2, 0.25) is 5.91 Å². The maximum Gasteiger partial charge on any atom is 0.269 e. The van der Waals surface area contributed by atoms with Crippen molar-refractivity contribution < 1.29 is 9.59 Å². The van der Waals surface area contributed by atoms with Gasteiger partial charge >= 0.3 is 0 Å². The Morgan fingerprint density at radius 2 is 2.13 bits per heavy atom. The number of nitrogens with zero attached hydrogens (tertiary/aromatic N) is 2. The number of halogens is 1. The van der Waals surface area contributed by atoms with E-state index in [4.69, 9.17) is 11.6 Å². The standard InChI is InChI=1S/C17H20ClN3O2/c1-20-13-7-3-2-6-12(13)15(18)16(20)17(23)19-9-5-11-21-10-4-8-14(21)22/h2-3,6-7H,4-5,8-11H2,1H3,(H,19,23). The van der Waals surface area contributed by atoms with Gasteiger partial charge in [0.05, 0.1) is 5.02 Å². The molecule has 1 N–H and O–H groups in total. The Morgan fingerprint density at radius 3 is 2.83 bits per heavy atom. The molecular formula is C17H20ClN3O2. The molecule has 1 aliphatic rings. The zero-order chi connectivity index (χ0) is 16.4. The van der Waals surface area contributed by atoms with Crippen LogP contribution in [0.1, 0.15) is 29.8 Å². The van der Waals surface area contributed by atoms with Gasteiger partial charge in [-0.1, -0.05) is 29.8 Å². The van der Waals surface area contributed by atoms with Crippen LogP contribution in [0.25, 0.3) is 10.9 Å². The highest BCUT2D eigenvalue weighted by molar-refractivity contribution is 6.38. The second-order valence-corrected chi connectivity index (χ2v) is 6.21. The van der Waals surface area contributed by atoms with Gasteiger partial charge in [0.1, 0.15) is 5.69 Å². The molecule has 1 saturated heterocycles. The van der Waals surface area contributed by atoms with Crippen LogP contribution in [-0.4, -0.2) is 40.9 Å². The van der Waals surface area contributed by atoms with Crippen LogP contribution in [0.5, 0.6) is 0 Å². The molecular weight excluding hydrogens is 314 g/mol. The molecule has 2 heterocycles. The lowest BCUT2D eigenvalue weighted by Gasteiger charge is -2.15. The first-order valence-electron chi connectivity index (χ1n) is 7.88. The fourth-order valence-corrected chi connectivity index (χ4v) is 3.47. The van der Waals surface area contributed by atoms with Crippen LogP contribution in [-0.2, 0) is 11.8 Å². The van der Waals surface area contributed by atoms with Crippen LogP contribution in [0.4, 0.5) is 0 Å². The highest BCUT2D eigenvalue weighted by Crippen LogP contribution is 2.29. The number of hydrogen-bond acceptors (Lipinski definition) is 2. The van der Waals surface area contributed by atoms with Crippen molar-refractivity contribution in [3.63, 3.8) is 0 Å². The van der Waals surface area contributed by atoms with Gasteiger partial charge in [0.15, 0.2) is 0 Å². The molecule has 1 fully saturated rings. The predicted octanol–water partition coefficient (Wildman–Crippen LogP) is 2.57. The summed E-state index contributed by atoms with van der Waals surface area (Å²) in [6, 6.07) is 7.68. The molecule has 0 atom stereocenters. The van der Waals surface area contributed by atoms with Crippen LogP contribution in [0.3, 0.4) is 0 Å². The van der Waals surface area contributed by atoms with E-state index in [0.29, 0.717) is 30.2 Å². The van der Waals surface area contributed by atoms with Crippen molar-refractivity contribution in [2.24, 2.45) is 7.05 Å². The summed E-state index contributed by atoms with van der Waals surface area (Å²) >= 11 is 6.36. The summed E-state index contributed by atoms with van der Waals surface area (Å²) < 4.78 is 1.82. The number of aryl methyl sites for hydroxylation is 1. The van der Waals surface area contributed by atoms with E-state index in [-0.39, 0.29) is 11.8 Å². The number of nitrogens with one attached hydrogen (secondary N) is 1. The van der Waals surface area contributed by atoms with E-state index in [1.165, 1.54) is 0 Å². The van der Waals surface area contributed by atoms with Crippen molar-refractivity contribution in [3.8, 4) is 0 Å². The number of hydrogen-bond donors (Lipinski definition) is 1. The lowest BCUT2D eigenvalue weighted by Crippen LogP contribution is -2.31. The third-order valence-electron chi connectivity index (χ3n) is 4.32. The van der Waals surface area contributed by atoms with Gasteiger partial charge in [-0.2, -0.15) is 0 Å². The Labute approximate surface area is 140 Å². The second-order valence-electron chi connectivity index (χ2n) is 5.83. The molecule has 0 bridgehead atoms. The van der Waals surface area contributed by atoms with Crippen LogP contribution in [0, 0.1) is 0 Å². The highest BCUT2D eigenvalue weighted by Gasteiger charge is 2.21. The van der Waals surface area contributed by atoms with E-state index in [2.05, 4.69) is 5.32 Å². The van der Waals surface area contributed by atoms with Gasteiger partial charge in [-0.05, 0) is 18.9 Å². The third kappa shape index (κ3) is 3.06. The maximum absolute atomic E-state index is 12.4. The third-order valence-corrected chi connectivity index (χ3v) is 4.70. The first-order valence-corrected chi connectivity index (χ1v) is 8.26. The summed E-state index contributed by atoms with van der Waals surface area (Å²) in [5, 5.41) is 4.26. The molecule has 2 amide bonds. The number of amides is 2. The summed E-state index contributed by atoms with van der Waals surface area (Å²) in [7, 11) is 1.84. The number of benzene rings is 1. The van der Waals surface area contributed by atoms with Crippen LogP contribution >= 0.6 is 11.6 Å². The van der Waals surface area contributed by atoms with Crippen molar-refractivity contribution in [1.29, 1.82) is 0 Å². The summed E-state index contributed by atoms with van der Waals surface area (Å²) in [5.41, 5.74) is 1.41. The van der Waals surface area contributed by atoms with E-state index in [1.54, 1.807) is 0 Å². The van der Waals surface area contributed by atoms with E-state index in [1.807, 2.05) is 40.8 Å². The maximum atomic E-state index is 12.4. The monoisotopic (exact) mass is 333 g/mol. The molecule has 0 spiro atoms. The molecule has 0 radical (unpaired) electrons. The number of likely N-dealkylation sites (tertiary alicyclic amines) is 1. The first-order chi connectivity index (χ1) is 11.1. The largest absolute Gasteiger partial charge is 0.351 e. The van der Waals surface area contributed by atoms with E-state index in [9.17, 15) is 9.59 Å². The SMILES string of the molecule is Cn1c(C(=O)NCCCN2CCCC2=O)c(Cl)c2ccccc21. The summed E-state index contributed by atoms with van der Waals surface area (Å²) in [6.45, 7) is 2.06. The minimum Gasteiger partial charge on any atom is -0.351 e. The molecule has 1 aliphatic heterocycles. The van der Waals surface area contributed by atoms with Crippen molar-refractivity contribution in [2.75, 3.05) is 19.6 Å². The summed E-state index contributed by atoms with van der Waals surface area (Å²) in [4.78, 5) is 25.8. The Morgan fingerprint density at radius 1 is 1.35 bits per heavy atom. The van der Waals surface area contributed by atoms with E-state index < -0.39 is 0 Å². The molecule has 0 aliphatic carbocycles. The Balaban J connectivity index is 1.61. The molecule has 122 valence electrons. The smallest absolute Gasteiger partial charge is 0.269 e. The van der Waals surface area contributed by atoms with Gasteiger partial charge in [-0.25, -0.2) is 0 Å². The Kier molecular flexibility index (Phi) is 4.57. The topological polar surface area (TPSA) is 54.3 Å². The van der Waals surface area contributed by atoms with Gasteiger partial charge in [0, 0.05) is 44.0 Å². The lowest BCUT2D eigenvalue weighted by atomic mass is 10.2. The zero-order valence-electron chi connectivity index (χ0n) is 13.1. The minimum absolute atomic E-state index is 0.179. The van der Waals surface area contributed by atoms with Gasteiger partial charge in [0.25, 0.3) is 5.91 Å². The lowest BCUT2D eigenvalue weighted by molar-refractivity contribution is -0.127. The Bertz CT molecular complexity index is 715. The quantitative estimate of drug-likeness (QED) is 0.855. The van der Waals surface area contributed by atoms with Crippen LogP contribution in [0.15, 0.2) is 24.3 Å². The highest BCUT2D eigenvalue weighted by atomic mass is 35.5. The van der Waals surface area contributed by atoms with E-state index >= 15 is 0 Å².